The Kier molecular flexibility index (Phi) is 16.3. The maximum Gasteiger partial charge on any atom is 0.0575 e. The van der Waals surface area contributed by atoms with Crippen LogP contribution in [0.1, 0.15) is 135 Å². The molecule has 1 aliphatic rings. The minimum absolute atomic E-state index is 0.592. The summed E-state index contributed by atoms with van der Waals surface area (Å²) in [5, 5.41) is 0. The van der Waals surface area contributed by atoms with Crippen molar-refractivity contribution in [3.63, 3.8) is 0 Å². The number of unbranched alkanes of at least 4 members (excludes halogenated alkanes) is 13. The van der Waals surface area contributed by atoms with E-state index in [4.69, 9.17) is 4.74 Å². The van der Waals surface area contributed by atoms with E-state index in [1.807, 2.05) is 0 Å². The van der Waals surface area contributed by atoms with Gasteiger partial charge in [0.05, 0.1) is 6.10 Å². The summed E-state index contributed by atoms with van der Waals surface area (Å²) in [5.74, 6) is 0. The molecule has 0 radical (unpaired) electrons. The predicted octanol–water partition coefficient (Wildman–Crippen LogP) is 8.21. The van der Waals surface area contributed by atoms with Crippen LogP contribution in [0.2, 0.25) is 0 Å². The first-order valence-corrected chi connectivity index (χ1v) is 11.5. The van der Waals surface area contributed by atoms with E-state index < -0.39 is 0 Å². The van der Waals surface area contributed by atoms with Crippen molar-refractivity contribution in [1.29, 1.82) is 0 Å². The van der Waals surface area contributed by atoms with E-state index in [0.29, 0.717) is 6.10 Å². The number of hydrogen-bond acceptors (Lipinski definition) is 1. The molecule has 1 saturated carbocycles. The summed E-state index contributed by atoms with van der Waals surface area (Å²) in [6, 6.07) is 0. The van der Waals surface area contributed by atoms with E-state index in [2.05, 4.69) is 6.92 Å². The van der Waals surface area contributed by atoms with Crippen LogP contribution < -0.4 is 0 Å². The fraction of sp³-hybridized carbons (Fsp3) is 1.00. The Morgan fingerprint density at radius 3 is 1.42 bits per heavy atom. The van der Waals surface area contributed by atoms with Gasteiger partial charge >= 0.3 is 0 Å². The lowest BCUT2D eigenvalue weighted by Crippen LogP contribution is -2.12. The molecular formula is C23H46O. The molecule has 0 unspecified atom stereocenters. The van der Waals surface area contributed by atoms with Crippen molar-refractivity contribution in [3.05, 3.63) is 0 Å². The third-order valence-corrected chi connectivity index (χ3v) is 5.65. The smallest absolute Gasteiger partial charge is 0.0575 e. The van der Waals surface area contributed by atoms with Crippen molar-refractivity contribution < 1.29 is 4.74 Å². The van der Waals surface area contributed by atoms with Crippen molar-refractivity contribution in [1.82, 2.24) is 0 Å². The van der Waals surface area contributed by atoms with Crippen LogP contribution in [-0.4, -0.2) is 12.7 Å². The monoisotopic (exact) mass is 338 g/mol. The van der Waals surface area contributed by atoms with Crippen LogP contribution in [0.3, 0.4) is 0 Å². The summed E-state index contributed by atoms with van der Waals surface area (Å²) in [6.07, 6.45) is 29.0. The highest BCUT2D eigenvalue weighted by molar-refractivity contribution is 4.63. The van der Waals surface area contributed by atoms with Crippen molar-refractivity contribution in [3.8, 4) is 0 Å². The Hall–Kier alpha value is -0.0400. The van der Waals surface area contributed by atoms with Crippen LogP contribution in [0.15, 0.2) is 0 Å². The van der Waals surface area contributed by atoms with Crippen molar-refractivity contribution in [2.75, 3.05) is 6.61 Å². The number of rotatable bonds is 16. The standard InChI is InChI=1S/C23H46O/c1-2-3-4-5-6-7-8-9-10-11-12-13-16-19-22-24-23-20-17-14-15-18-21-23/h23H,2-22H2,1H3. The van der Waals surface area contributed by atoms with E-state index in [9.17, 15) is 0 Å². The minimum atomic E-state index is 0.592. The van der Waals surface area contributed by atoms with Crippen LogP contribution in [-0.2, 0) is 4.74 Å². The third kappa shape index (κ3) is 14.3. The van der Waals surface area contributed by atoms with Gasteiger partial charge in [-0.1, -0.05) is 116 Å². The van der Waals surface area contributed by atoms with Gasteiger partial charge in [-0.2, -0.15) is 0 Å². The molecular weight excluding hydrogens is 292 g/mol. The second kappa shape index (κ2) is 17.8. The second-order valence-electron chi connectivity index (χ2n) is 8.08. The SMILES string of the molecule is CCCCCCCCCCCCCCCCOC1CCCCCC1. The molecule has 1 fully saturated rings. The first kappa shape index (κ1) is 22.0. The van der Waals surface area contributed by atoms with Gasteiger partial charge in [0.2, 0.25) is 0 Å². The number of hydrogen-bond donors (Lipinski definition) is 0. The fourth-order valence-corrected chi connectivity index (χ4v) is 3.96. The normalized spacial score (nSPS) is 16.4. The van der Waals surface area contributed by atoms with Gasteiger partial charge in [0, 0.05) is 6.61 Å². The zero-order valence-electron chi connectivity index (χ0n) is 16.8. The molecule has 0 N–H and O–H groups in total. The Morgan fingerprint density at radius 1 is 0.542 bits per heavy atom. The van der Waals surface area contributed by atoms with Gasteiger partial charge < -0.3 is 4.74 Å². The molecule has 0 heterocycles. The molecule has 0 atom stereocenters. The summed E-state index contributed by atoms with van der Waals surface area (Å²) in [6.45, 7) is 3.31. The molecule has 144 valence electrons. The lowest BCUT2D eigenvalue weighted by molar-refractivity contribution is 0.0407. The molecule has 0 amide bonds. The summed E-state index contributed by atoms with van der Waals surface area (Å²) in [7, 11) is 0. The van der Waals surface area contributed by atoms with Crippen LogP contribution in [0.25, 0.3) is 0 Å². The van der Waals surface area contributed by atoms with Gasteiger partial charge in [-0.25, -0.2) is 0 Å². The maximum atomic E-state index is 6.07. The van der Waals surface area contributed by atoms with Gasteiger partial charge in [-0.05, 0) is 19.3 Å². The zero-order valence-corrected chi connectivity index (χ0v) is 16.8. The summed E-state index contributed by atoms with van der Waals surface area (Å²) >= 11 is 0. The molecule has 0 spiro atoms. The fourth-order valence-electron chi connectivity index (χ4n) is 3.96. The lowest BCUT2D eigenvalue weighted by atomic mass is 10.0. The minimum Gasteiger partial charge on any atom is -0.378 e. The average Bonchev–Trinajstić information content (AvgIpc) is 2.87. The van der Waals surface area contributed by atoms with E-state index in [0.717, 1.165) is 6.61 Å². The quantitative estimate of drug-likeness (QED) is 0.203. The van der Waals surface area contributed by atoms with Gasteiger partial charge in [-0.15, -0.1) is 0 Å². The van der Waals surface area contributed by atoms with Gasteiger partial charge in [-0.3, -0.25) is 0 Å². The second-order valence-corrected chi connectivity index (χ2v) is 8.08. The average molecular weight is 339 g/mol. The zero-order chi connectivity index (χ0) is 17.1. The molecule has 0 bridgehead atoms. The first-order valence-electron chi connectivity index (χ1n) is 11.5. The van der Waals surface area contributed by atoms with E-state index in [-0.39, 0.29) is 0 Å². The molecule has 0 aliphatic heterocycles. The van der Waals surface area contributed by atoms with Crippen molar-refractivity contribution in [2.24, 2.45) is 0 Å². The first-order chi connectivity index (χ1) is 11.9. The number of ether oxygens (including phenoxy) is 1. The molecule has 1 aliphatic carbocycles. The van der Waals surface area contributed by atoms with Crippen molar-refractivity contribution >= 4 is 0 Å². The Balaban J connectivity index is 1.70. The van der Waals surface area contributed by atoms with Crippen molar-refractivity contribution in [2.45, 2.75) is 141 Å². The van der Waals surface area contributed by atoms with E-state index >= 15 is 0 Å². The molecule has 0 aromatic carbocycles. The van der Waals surface area contributed by atoms with Gasteiger partial charge in [0.1, 0.15) is 0 Å². The molecule has 24 heavy (non-hydrogen) atoms. The summed E-state index contributed by atoms with van der Waals surface area (Å²) < 4.78 is 6.07. The highest BCUT2D eigenvalue weighted by Crippen LogP contribution is 2.20. The van der Waals surface area contributed by atoms with E-state index in [1.165, 1.54) is 128 Å². The molecule has 1 rings (SSSR count). The van der Waals surface area contributed by atoms with E-state index in [1.54, 1.807) is 0 Å². The molecule has 1 nitrogen and oxygen atoms in total. The Bertz CT molecular complexity index is 230. The summed E-state index contributed by atoms with van der Waals surface area (Å²) in [5.41, 5.74) is 0. The Morgan fingerprint density at radius 2 is 0.958 bits per heavy atom. The Labute approximate surface area is 153 Å². The predicted molar refractivity (Wildman–Crippen MR) is 108 cm³/mol. The highest BCUT2D eigenvalue weighted by Gasteiger charge is 2.11. The summed E-state index contributed by atoms with van der Waals surface area (Å²) in [4.78, 5) is 0. The van der Waals surface area contributed by atoms with Crippen LogP contribution >= 0.6 is 0 Å². The molecule has 1 heteroatoms. The van der Waals surface area contributed by atoms with Gasteiger partial charge in [0.15, 0.2) is 0 Å². The largest absolute Gasteiger partial charge is 0.378 e. The maximum absolute atomic E-state index is 6.07. The molecule has 0 aromatic heterocycles. The lowest BCUT2D eigenvalue weighted by Gasteiger charge is -2.15. The van der Waals surface area contributed by atoms with Gasteiger partial charge in [0.25, 0.3) is 0 Å². The molecule has 0 saturated heterocycles. The van der Waals surface area contributed by atoms with Crippen LogP contribution in [0, 0.1) is 0 Å². The van der Waals surface area contributed by atoms with Crippen LogP contribution in [0.5, 0.6) is 0 Å². The topological polar surface area (TPSA) is 9.23 Å². The molecule has 0 aromatic rings. The third-order valence-electron chi connectivity index (χ3n) is 5.65. The highest BCUT2D eigenvalue weighted by atomic mass is 16.5. The van der Waals surface area contributed by atoms with Crippen LogP contribution in [0.4, 0.5) is 0 Å².